The minimum absolute atomic E-state index is 0.0584. The number of rotatable bonds is 8. The molecule has 0 radical (unpaired) electrons. The molecule has 0 aliphatic carbocycles. The second-order valence-electron chi connectivity index (χ2n) is 7.79. The van der Waals surface area contributed by atoms with Crippen LogP contribution in [0.3, 0.4) is 0 Å². The zero-order valence-corrected chi connectivity index (χ0v) is 18.5. The van der Waals surface area contributed by atoms with Crippen molar-refractivity contribution in [1.29, 1.82) is 0 Å². The van der Waals surface area contributed by atoms with Gasteiger partial charge in [-0.2, -0.15) is 0 Å². The smallest absolute Gasteiger partial charge is 0.187 e. The van der Waals surface area contributed by atoms with E-state index < -0.39 is 5.79 Å². The molecule has 2 saturated heterocycles. The van der Waals surface area contributed by atoms with Crippen molar-refractivity contribution in [3.05, 3.63) is 71.8 Å². The Balaban J connectivity index is 0.00000124. The molecule has 0 N–H and O–H groups in total. The number of benzene rings is 2. The molecule has 4 atom stereocenters. The van der Waals surface area contributed by atoms with E-state index in [0.717, 1.165) is 17.5 Å². The fraction of sp³-hybridized carbons (Fsp3) is 0.520. The summed E-state index contributed by atoms with van der Waals surface area (Å²) in [7, 11) is 0. The zero-order chi connectivity index (χ0) is 21.4. The first-order valence-electron chi connectivity index (χ1n) is 10.9. The Morgan fingerprint density at radius 2 is 1.50 bits per heavy atom. The van der Waals surface area contributed by atoms with Gasteiger partial charge in [-0.3, -0.25) is 0 Å². The normalized spacial score (nSPS) is 25.3. The van der Waals surface area contributed by atoms with Crippen molar-refractivity contribution in [3.8, 4) is 0 Å². The Bertz CT molecular complexity index is 718. The van der Waals surface area contributed by atoms with Crippen molar-refractivity contribution in [2.24, 2.45) is 0 Å². The van der Waals surface area contributed by atoms with Gasteiger partial charge in [0.2, 0.25) is 0 Å². The van der Waals surface area contributed by atoms with E-state index in [0.29, 0.717) is 19.8 Å². The Morgan fingerprint density at radius 1 is 0.900 bits per heavy atom. The van der Waals surface area contributed by atoms with E-state index in [2.05, 4.69) is 24.3 Å². The Hall–Kier alpha value is -1.76. The van der Waals surface area contributed by atoms with Crippen molar-refractivity contribution < 1.29 is 23.7 Å². The molecule has 5 heteroatoms. The maximum absolute atomic E-state index is 6.21. The number of fused-ring (bicyclic) bond motifs is 1. The van der Waals surface area contributed by atoms with Crippen LogP contribution in [0.1, 0.15) is 45.2 Å². The average molecular weight is 415 g/mol. The van der Waals surface area contributed by atoms with Gasteiger partial charge in [0, 0.05) is 6.42 Å². The van der Waals surface area contributed by atoms with Crippen molar-refractivity contribution in [1.82, 2.24) is 0 Å². The van der Waals surface area contributed by atoms with Crippen molar-refractivity contribution in [2.75, 3.05) is 6.61 Å². The highest BCUT2D eigenvalue weighted by Gasteiger charge is 2.50. The van der Waals surface area contributed by atoms with Crippen LogP contribution in [0.25, 0.3) is 0 Å². The van der Waals surface area contributed by atoms with E-state index in [1.807, 2.05) is 64.1 Å². The molecule has 5 nitrogen and oxygen atoms in total. The molecule has 0 bridgehead atoms. The van der Waals surface area contributed by atoms with Crippen LogP contribution in [0.5, 0.6) is 0 Å². The predicted molar refractivity (Wildman–Crippen MR) is 116 cm³/mol. The first kappa shape index (κ1) is 22.9. The zero-order valence-electron chi connectivity index (χ0n) is 18.5. The average Bonchev–Trinajstić information content (AvgIpc) is 3.27. The lowest BCUT2D eigenvalue weighted by atomic mass is 10.1. The molecule has 2 fully saturated rings. The summed E-state index contributed by atoms with van der Waals surface area (Å²) in [6, 6.07) is 20.3. The quantitative estimate of drug-likeness (QED) is 0.603. The highest BCUT2D eigenvalue weighted by atomic mass is 16.8. The molecule has 2 heterocycles. The van der Waals surface area contributed by atoms with Gasteiger partial charge in [0.15, 0.2) is 12.1 Å². The molecule has 2 aliphatic heterocycles. The van der Waals surface area contributed by atoms with E-state index in [9.17, 15) is 0 Å². The summed E-state index contributed by atoms with van der Waals surface area (Å²) in [6.07, 6.45) is 0.0340. The van der Waals surface area contributed by atoms with Crippen molar-refractivity contribution in [2.45, 2.75) is 77.7 Å². The van der Waals surface area contributed by atoms with E-state index in [1.165, 1.54) is 0 Å². The van der Waals surface area contributed by atoms with Crippen LogP contribution in [0.4, 0.5) is 0 Å². The van der Waals surface area contributed by atoms with E-state index in [1.54, 1.807) is 0 Å². The highest BCUT2D eigenvalue weighted by Crippen LogP contribution is 2.38. The molecule has 4 rings (SSSR count). The summed E-state index contributed by atoms with van der Waals surface area (Å²) in [5, 5.41) is 0. The summed E-state index contributed by atoms with van der Waals surface area (Å²) >= 11 is 0. The first-order chi connectivity index (χ1) is 14.6. The van der Waals surface area contributed by atoms with Crippen molar-refractivity contribution in [3.63, 3.8) is 0 Å². The van der Waals surface area contributed by atoms with Crippen LogP contribution >= 0.6 is 0 Å². The fourth-order valence-electron chi connectivity index (χ4n) is 3.68. The molecule has 0 amide bonds. The molecule has 0 aromatic heterocycles. The number of hydrogen-bond acceptors (Lipinski definition) is 5. The molecule has 2 aromatic rings. The molecular weight excluding hydrogens is 380 g/mol. The number of ether oxygens (including phenoxy) is 5. The lowest BCUT2D eigenvalue weighted by molar-refractivity contribution is -0.221. The van der Waals surface area contributed by atoms with Crippen LogP contribution in [0, 0.1) is 0 Å². The van der Waals surface area contributed by atoms with Gasteiger partial charge in [0.25, 0.3) is 0 Å². The maximum Gasteiger partial charge on any atom is 0.187 e. The lowest BCUT2D eigenvalue weighted by Gasteiger charge is -2.26. The SMILES string of the molecule is CC.CC1(C)OC2CC(C(COCc3ccccc3)OCc3ccccc3)OC2O1. The van der Waals surface area contributed by atoms with E-state index in [-0.39, 0.29) is 24.6 Å². The molecule has 2 aromatic carbocycles. The van der Waals surface area contributed by atoms with Gasteiger partial charge in [0.1, 0.15) is 12.2 Å². The van der Waals surface area contributed by atoms with Crippen LogP contribution in [-0.4, -0.2) is 37.0 Å². The third kappa shape index (κ3) is 6.37. The number of hydrogen-bond donors (Lipinski definition) is 0. The van der Waals surface area contributed by atoms with Gasteiger partial charge >= 0.3 is 0 Å². The maximum atomic E-state index is 6.21. The predicted octanol–water partition coefficient (Wildman–Crippen LogP) is 5.08. The molecule has 4 unspecified atom stereocenters. The molecule has 0 spiro atoms. The second kappa shape index (κ2) is 11.0. The Morgan fingerprint density at radius 3 is 2.10 bits per heavy atom. The summed E-state index contributed by atoms with van der Waals surface area (Å²) < 4.78 is 30.1. The molecule has 0 saturated carbocycles. The summed E-state index contributed by atoms with van der Waals surface area (Å²) in [5.41, 5.74) is 2.27. The fourth-order valence-corrected chi connectivity index (χ4v) is 3.68. The van der Waals surface area contributed by atoms with Gasteiger partial charge in [-0.15, -0.1) is 0 Å². The summed E-state index contributed by atoms with van der Waals surface area (Å²) in [6.45, 7) is 9.34. The second-order valence-corrected chi connectivity index (χ2v) is 7.79. The standard InChI is InChI=1S/C23H28O5.C2H6/c1-23(2)27-20-13-19(26-22(20)28-23)21(25-15-18-11-7-4-8-12-18)16-24-14-17-9-5-3-6-10-17;1-2/h3-12,19-22H,13-16H2,1-2H3;1-2H3. The van der Waals surface area contributed by atoms with Crippen LogP contribution in [0.2, 0.25) is 0 Å². The highest BCUT2D eigenvalue weighted by molar-refractivity contribution is 5.14. The van der Waals surface area contributed by atoms with Gasteiger partial charge < -0.3 is 23.7 Å². The van der Waals surface area contributed by atoms with E-state index >= 15 is 0 Å². The third-order valence-electron chi connectivity index (χ3n) is 5.03. The molecule has 2 aliphatic rings. The monoisotopic (exact) mass is 414 g/mol. The first-order valence-corrected chi connectivity index (χ1v) is 10.9. The Kier molecular flexibility index (Phi) is 8.42. The third-order valence-corrected chi connectivity index (χ3v) is 5.03. The van der Waals surface area contributed by atoms with Crippen molar-refractivity contribution >= 4 is 0 Å². The lowest BCUT2D eigenvalue weighted by Crippen LogP contribution is -2.35. The van der Waals surface area contributed by atoms with E-state index in [4.69, 9.17) is 23.7 Å². The van der Waals surface area contributed by atoms with Gasteiger partial charge in [-0.05, 0) is 25.0 Å². The molecule has 30 heavy (non-hydrogen) atoms. The Labute approximate surface area is 180 Å². The van der Waals surface area contributed by atoms with Crippen LogP contribution in [0.15, 0.2) is 60.7 Å². The summed E-state index contributed by atoms with van der Waals surface area (Å²) in [4.78, 5) is 0. The minimum Gasteiger partial charge on any atom is -0.374 e. The molecule has 164 valence electrons. The van der Waals surface area contributed by atoms with Gasteiger partial charge in [-0.1, -0.05) is 74.5 Å². The van der Waals surface area contributed by atoms with Crippen LogP contribution < -0.4 is 0 Å². The minimum atomic E-state index is -0.593. The van der Waals surface area contributed by atoms with Gasteiger partial charge in [-0.25, -0.2) is 0 Å². The largest absolute Gasteiger partial charge is 0.374 e. The summed E-state index contributed by atoms with van der Waals surface area (Å²) in [5.74, 6) is -0.593. The van der Waals surface area contributed by atoms with Gasteiger partial charge in [0.05, 0.1) is 25.9 Å². The topological polar surface area (TPSA) is 46.2 Å². The molecular formula is C25H34O5. The van der Waals surface area contributed by atoms with Crippen LogP contribution in [-0.2, 0) is 36.9 Å².